The van der Waals surface area contributed by atoms with Gasteiger partial charge in [0.15, 0.2) is 0 Å². The van der Waals surface area contributed by atoms with Crippen LogP contribution >= 0.6 is 0 Å². The second-order valence-electron chi connectivity index (χ2n) is 6.64. The number of rotatable bonds is 1. The fraction of sp³-hybridized carbons (Fsp3) is 0.444. The second-order valence-corrected chi connectivity index (χ2v) is 6.64. The predicted octanol–water partition coefficient (Wildman–Crippen LogP) is 1.29. The van der Waals surface area contributed by atoms with E-state index in [9.17, 15) is 14.4 Å². The summed E-state index contributed by atoms with van der Waals surface area (Å²) in [5, 5.41) is 6.80. The van der Waals surface area contributed by atoms with Gasteiger partial charge in [0.25, 0.3) is 11.9 Å². The third-order valence-electron chi connectivity index (χ3n) is 4.51. The van der Waals surface area contributed by atoms with Crippen molar-refractivity contribution in [2.45, 2.75) is 39.5 Å². The van der Waals surface area contributed by atoms with Crippen molar-refractivity contribution in [2.24, 2.45) is 9.98 Å². The lowest BCUT2D eigenvalue weighted by Crippen LogP contribution is -2.40. The van der Waals surface area contributed by atoms with Gasteiger partial charge >= 0.3 is 11.8 Å². The van der Waals surface area contributed by atoms with Crippen LogP contribution in [0.5, 0.6) is 0 Å². The maximum absolute atomic E-state index is 12.5. The number of carbonyl (C=O) groups is 3. The summed E-state index contributed by atoms with van der Waals surface area (Å²) >= 11 is 0. The first-order valence-electron chi connectivity index (χ1n) is 8.91. The number of anilines is 1. The first-order chi connectivity index (χ1) is 12.9. The van der Waals surface area contributed by atoms with Crippen LogP contribution in [0, 0.1) is 6.92 Å². The lowest BCUT2D eigenvalue weighted by molar-refractivity contribution is -0.143. The van der Waals surface area contributed by atoms with Crippen LogP contribution in [0.25, 0.3) is 0 Å². The van der Waals surface area contributed by atoms with E-state index >= 15 is 0 Å². The molecular weight excluding hydrogens is 348 g/mol. The Kier molecular flexibility index (Phi) is 5.29. The van der Waals surface area contributed by atoms with Crippen LogP contribution in [0.1, 0.15) is 38.3 Å². The lowest BCUT2D eigenvalue weighted by Gasteiger charge is -2.19. The number of likely N-dealkylation sites (tertiary alicyclic amines) is 1. The Bertz CT molecular complexity index is 872. The van der Waals surface area contributed by atoms with E-state index in [4.69, 9.17) is 0 Å². The van der Waals surface area contributed by atoms with Gasteiger partial charge < -0.3 is 10.2 Å². The first kappa shape index (κ1) is 18.7. The van der Waals surface area contributed by atoms with Crippen LogP contribution in [0.3, 0.4) is 0 Å². The normalized spacial score (nSPS) is 17.9. The number of amides is 3. The maximum atomic E-state index is 12.5. The zero-order chi connectivity index (χ0) is 19.6. The Balaban J connectivity index is 1.81. The Morgan fingerprint density at radius 1 is 1.11 bits per heavy atom. The Morgan fingerprint density at radius 3 is 2.41 bits per heavy atom. The first-order valence-corrected chi connectivity index (χ1v) is 8.91. The average Bonchev–Trinajstić information content (AvgIpc) is 2.84. The SMILES string of the molecule is C=C1C(=O)N=C(n2nc(C)cc2NC(=O)C(=O)N2CCCCCC2)N=C1C. The Labute approximate surface area is 156 Å². The van der Waals surface area contributed by atoms with Gasteiger partial charge in [-0.3, -0.25) is 14.4 Å². The van der Waals surface area contributed by atoms with Crippen molar-refractivity contribution in [2.75, 3.05) is 18.4 Å². The van der Waals surface area contributed by atoms with Gasteiger partial charge in [-0.15, -0.1) is 0 Å². The van der Waals surface area contributed by atoms with Crippen molar-refractivity contribution in [3.05, 3.63) is 23.9 Å². The summed E-state index contributed by atoms with van der Waals surface area (Å²) < 4.78 is 1.25. The average molecular weight is 370 g/mol. The minimum absolute atomic E-state index is 0.0236. The van der Waals surface area contributed by atoms with Gasteiger partial charge in [0.2, 0.25) is 0 Å². The molecule has 0 aromatic carbocycles. The summed E-state index contributed by atoms with van der Waals surface area (Å²) in [5.74, 6) is -1.57. The van der Waals surface area contributed by atoms with Gasteiger partial charge in [0.1, 0.15) is 5.82 Å². The van der Waals surface area contributed by atoms with Crippen LogP contribution in [0.2, 0.25) is 0 Å². The highest BCUT2D eigenvalue weighted by Gasteiger charge is 2.26. The second kappa shape index (κ2) is 7.65. The van der Waals surface area contributed by atoms with Crippen molar-refractivity contribution in [3.63, 3.8) is 0 Å². The molecule has 2 aliphatic rings. The Morgan fingerprint density at radius 2 is 1.78 bits per heavy atom. The van der Waals surface area contributed by atoms with Crippen LogP contribution < -0.4 is 5.32 Å². The van der Waals surface area contributed by atoms with E-state index in [1.54, 1.807) is 24.8 Å². The number of nitrogens with one attached hydrogen (secondary N) is 1. The summed E-state index contributed by atoms with van der Waals surface area (Å²) in [6.45, 7) is 8.16. The van der Waals surface area contributed by atoms with E-state index in [0.717, 1.165) is 25.7 Å². The number of hydrogen-bond acceptors (Lipinski definition) is 5. The van der Waals surface area contributed by atoms with Gasteiger partial charge in [-0.1, -0.05) is 19.4 Å². The van der Waals surface area contributed by atoms with Crippen molar-refractivity contribution < 1.29 is 14.4 Å². The maximum Gasteiger partial charge on any atom is 0.315 e. The van der Waals surface area contributed by atoms with E-state index < -0.39 is 17.7 Å². The van der Waals surface area contributed by atoms with Crippen molar-refractivity contribution in [3.8, 4) is 0 Å². The fourth-order valence-corrected chi connectivity index (χ4v) is 2.98. The van der Waals surface area contributed by atoms with E-state index in [2.05, 4.69) is 27.0 Å². The summed E-state index contributed by atoms with van der Waals surface area (Å²) in [4.78, 5) is 46.5. The molecular formula is C18H22N6O3. The largest absolute Gasteiger partial charge is 0.334 e. The molecule has 9 nitrogen and oxygen atoms in total. The van der Waals surface area contributed by atoms with Gasteiger partial charge in [0, 0.05) is 19.2 Å². The highest BCUT2D eigenvalue weighted by molar-refractivity contribution is 6.39. The zero-order valence-electron chi connectivity index (χ0n) is 15.5. The zero-order valence-corrected chi connectivity index (χ0v) is 15.5. The van der Waals surface area contributed by atoms with E-state index in [0.29, 0.717) is 24.5 Å². The molecule has 3 amide bonds. The Hall–Kier alpha value is -3.10. The van der Waals surface area contributed by atoms with Crippen molar-refractivity contribution in [1.82, 2.24) is 14.7 Å². The van der Waals surface area contributed by atoms with E-state index in [-0.39, 0.29) is 17.4 Å². The van der Waals surface area contributed by atoms with Crippen LogP contribution in [-0.4, -0.2) is 57.2 Å². The minimum Gasteiger partial charge on any atom is -0.334 e. The molecule has 3 rings (SSSR count). The molecule has 27 heavy (non-hydrogen) atoms. The van der Waals surface area contributed by atoms with Gasteiger partial charge in [-0.2, -0.15) is 14.8 Å². The molecule has 1 saturated heterocycles. The molecule has 1 aromatic rings. The molecule has 9 heteroatoms. The molecule has 1 aromatic heterocycles. The molecule has 0 atom stereocenters. The van der Waals surface area contributed by atoms with Gasteiger partial charge in [0.05, 0.1) is 17.0 Å². The lowest BCUT2D eigenvalue weighted by atomic mass is 10.2. The molecule has 3 heterocycles. The fourth-order valence-electron chi connectivity index (χ4n) is 2.98. The van der Waals surface area contributed by atoms with E-state index in [1.165, 1.54) is 4.68 Å². The summed E-state index contributed by atoms with van der Waals surface area (Å²) in [6, 6.07) is 1.59. The monoisotopic (exact) mass is 370 g/mol. The van der Waals surface area contributed by atoms with Crippen molar-refractivity contribution >= 4 is 35.2 Å². The predicted molar refractivity (Wildman–Crippen MR) is 101 cm³/mol. The number of nitrogens with zero attached hydrogens (tertiary/aromatic N) is 5. The number of carbonyl (C=O) groups excluding carboxylic acids is 3. The smallest absolute Gasteiger partial charge is 0.315 e. The molecule has 0 radical (unpaired) electrons. The topological polar surface area (TPSA) is 109 Å². The molecule has 0 saturated carbocycles. The molecule has 0 unspecified atom stereocenters. The third kappa shape index (κ3) is 4.02. The number of aryl methyl sites for hydroxylation is 1. The molecule has 1 fully saturated rings. The number of aromatic nitrogens is 2. The van der Waals surface area contributed by atoms with Gasteiger partial charge in [-0.25, -0.2) is 4.99 Å². The van der Waals surface area contributed by atoms with Crippen LogP contribution in [-0.2, 0) is 14.4 Å². The number of hydrogen-bond donors (Lipinski definition) is 1. The third-order valence-corrected chi connectivity index (χ3v) is 4.51. The van der Waals surface area contributed by atoms with Crippen LogP contribution in [0.15, 0.2) is 28.2 Å². The molecule has 0 spiro atoms. The van der Waals surface area contributed by atoms with E-state index in [1.807, 2.05) is 0 Å². The highest BCUT2D eigenvalue weighted by atomic mass is 16.2. The van der Waals surface area contributed by atoms with Crippen LogP contribution in [0.4, 0.5) is 5.82 Å². The molecule has 142 valence electrons. The summed E-state index contributed by atoms with van der Waals surface area (Å²) in [7, 11) is 0. The van der Waals surface area contributed by atoms with Gasteiger partial charge in [-0.05, 0) is 26.7 Å². The minimum atomic E-state index is -0.745. The highest BCUT2D eigenvalue weighted by Crippen LogP contribution is 2.16. The molecule has 1 N–H and O–H groups in total. The van der Waals surface area contributed by atoms with Crippen molar-refractivity contribution in [1.29, 1.82) is 0 Å². The summed E-state index contributed by atoms with van der Waals surface area (Å²) in [6.07, 6.45) is 3.92. The molecule has 0 aliphatic carbocycles. The quantitative estimate of drug-likeness (QED) is 0.593. The molecule has 2 aliphatic heterocycles. The standard InChI is InChI=1S/C18H22N6O3/c1-11-10-14(20-16(26)17(27)23-8-6-4-5-7-9-23)24(22-11)18-19-13(3)12(2)15(25)21-18/h10H,2,4-9H2,1,3H3,(H,20,26). The molecule has 0 bridgehead atoms. The number of aliphatic imine (C=N–C) groups is 2. The summed E-state index contributed by atoms with van der Waals surface area (Å²) in [5.41, 5.74) is 1.22.